The highest BCUT2D eigenvalue weighted by molar-refractivity contribution is 9.15. The van der Waals surface area contributed by atoms with E-state index in [0.717, 1.165) is 65.5 Å². The number of rotatable bonds is 8. The highest BCUT2D eigenvalue weighted by Gasteiger charge is 2.23. The molecule has 33 heavy (non-hydrogen) atoms. The van der Waals surface area contributed by atoms with Crippen LogP contribution in [0.2, 0.25) is 0 Å². The number of hydrogen-bond donors (Lipinski definition) is 1. The lowest BCUT2D eigenvalue weighted by Gasteiger charge is -2.33. The van der Waals surface area contributed by atoms with Crippen molar-refractivity contribution in [2.24, 2.45) is 0 Å². The van der Waals surface area contributed by atoms with E-state index in [2.05, 4.69) is 148 Å². The fourth-order valence-electron chi connectivity index (χ4n) is 3.85. The SMILES string of the molecule is C[N+](C)(CCN(Cc1ccccc1)c1nc2c(Br)c(Br)c(Br)c(Br)c2[nH]1)Cc1ccccc1. The lowest BCUT2D eigenvalue weighted by Crippen LogP contribution is -2.45. The third kappa shape index (κ3) is 5.90. The van der Waals surface area contributed by atoms with Crippen molar-refractivity contribution in [3.05, 3.63) is 89.7 Å². The van der Waals surface area contributed by atoms with Crippen molar-refractivity contribution in [1.82, 2.24) is 9.97 Å². The Balaban J connectivity index is 1.64. The number of imidazole rings is 1. The van der Waals surface area contributed by atoms with Crippen LogP contribution >= 0.6 is 63.7 Å². The third-order valence-electron chi connectivity index (χ3n) is 5.64. The van der Waals surface area contributed by atoms with Crippen LogP contribution in [0.25, 0.3) is 11.0 Å². The highest BCUT2D eigenvalue weighted by atomic mass is 79.9. The molecule has 0 aliphatic rings. The van der Waals surface area contributed by atoms with Crippen LogP contribution in [0.1, 0.15) is 11.1 Å². The van der Waals surface area contributed by atoms with Crippen molar-refractivity contribution in [3.8, 4) is 0 Å². The number of aromatic amines is 1. The third-order valence-corrected chi connectivity index (χ3v) is 10.4. The molecule has 0 radical (unpaired) electrons. The molecule has 0 spiro atoms. The second-order valence-corrected chi connectivity index (χ2v) is 11.9. The number of fused-ring (bicyclic) bond motifs is 1. The number of nitrogens with zero attached hydrogens (tertiary/aromatic N) is 3. The van der Waals surface area contributed by atoms with E-state index in [1.54, 1.807) is 0 Å². The molecule has 0 fully saturated rings. The molecule has 1 aromatic heterocycles. The lowest BCUT2D eigenvalue weighted by atomic mass is 10.2. The van der Waals surface area contributed by atoms with E-state index in [1.807, 2.05) is 0 Å². The molecule has 0 bridgehead atoms. The minimum absolute atomic E-state index is 0.781. The number of aromatic nitrogens is 2. The number of H-pyrrole nitrogens is 1. The van der Waals surface area contributed by atoms with E-state index < -0.39 is 0 Å². The number of benzene rings is 3. The van der Waals surface area contributed by atoms with Gasteiger partial charge in [0.15, 0.2) is 0 Å². The van der Waals surface area contributed by atoms with Gasteiger partial charge in [0, 0.05) is 21.1 Å². The summed E-state index contributed by atoms with van der Waals surface area (Å²) < 4.78 is 4.66. The summed E-state index contributed by atoms with van der Waals surface area (Å²) in [5, 5.41) is 0. The average Bonchev–Trinajstić information content (AvgIpc) is 3.26. The number of halogens is 4. The summed E-state index contributed by atoms with van der Waals surface area (Å²) in [5.41, 5.74) is 4.46. The molecule has 172 valence electrons. The first-order valence-corrected chi connectivity index (χ1v) is 13.8. The van der Waals surface area contributed by atoms with Gasteiger partial charge in [0.1, 0.15) is 12.1 Å². The fourth-order valence-corrected chi connectivity index (χ4v) is 6.13. The maximum atomic E-state index is 4.99. The second-order valence-electron chi connectivity index (χ2n) is 8.75. The second kappa shape index (κ2) is 10.6. The van der Waals surface area contributed by atoms with Crippen LogP contribution in [0.5, 0.6) is 0 Å². The van der Waals surface area contributed by atoms with E-state index in [9.17, 15) is 0 Å². The molecule has 0 aliphatic heterocycles. The molecule has 4 nitrogen and oxygen atoms in total. The number of hydrogen-bond acceptors (Lipinski definition) is 2. The molecular formula is C25H25Br4N4+. The van der Waals surface area contributed by atoms with Crippen LogP contribution in [0, 0.1) is 0 Å². The molecule has 0 atom stereocenters. The van der Waals surface area contributed by atoms with Crippen LogP contribution in [0.4, 0.5) is 5.95 Å². The van der Waals surface area contributed by atoms with Crippen molar-refractivity contribution in [1.29, 1.82) is 0 Å². The molecule has 0 unspecified atom stereocenters. The molecule has 0 aliphatic carbocycles. The molecule has 1 N–H and O–H groups in total. The minimum Gasteiger partial charge on any atom is -0.332 e. The molecule has 3 aromatic carbocycles. The normalized spacial score (nSPS) is 11.8. The first-order valence-electron chi connectivity index (χ1n) is 10.6. The molecule has 0 amide bonds. The van der Waals surface area contributed by atoms with Crippen LogP contribution < -0.4 is 4.90 Å². The smallest absolute Gasteiger partial charge is 0.204 e. The first kappa shape index (κ1) is 24.9. The van der Waals surface area contributed by atoms with Gasteiger partial charge in [0.05, 0.1) is 41.6 Å². The van der Waals surface area contributed by atoms with Gasteiger partial charge >= 0.3 is 0 Å². The molecular weight excluding hydrogens is 676 g/mol. The van der Waals surface area contributed by atoms with Crippen molar-refractivity contribution in [2.75, 3.05) is 32.1 Å². The van der Waals surface area contributed by atoms with Gasteiger partial charge in [-0.1, -0.05) is 60.7 Å². The quantitative estimate of drug-likeness (QED) is 0.115. The highest BCUT2D eigenvalue weighted by Crippen LogP contribution is 2.43. The Hall–Kier alpha value is -1.19. The maximum absolute atomic E-state index is 4.99. The lowest BCUT2D eigenvalue weighted by molar-refractivity contribution is -0.902. The Morgan fingerprint density at radius 1 is 0.788 bits per heavy atom. The molecule has 0 saturated heterocycles. The average molecular weight is 701 g/mol. The van der Waals surface area contributed by atoms with Crippen molar-refractivity contribution in [3.63, 3.8) is 0 Å². The Bertz CT molecular complexity index is 1190. The Morgan fingerprint density at radius 3 is 2.00 bits per heavy atom. The number of likely N-dealkylation sites (N-methyl/N-ethyl adjacent to an activating group) is 1. The number of anilines is 1. The van der Waals surface area contributed by atoms with Gasteiger partial charge in [-0.25, -0.2) is 4.98 Å². The standard InChI is InChI=1S/C25H25Br4N4/c1-33(2,16-18-11-7-4-8-12-18)14-13-32(15-17-9-5-3-6-10-17)25-30-23-21(28)19(26)20(27)22(29)24(23)31-25/h3-12H,13-16H2,1-2H3,(H,30,31)/q+1. The summed E-state index contributed by atoms with van der Waals surface area (Å²) in [6.07, 6.45) is 0. The molecule has 0 saturated carbocycles. The summed E-state index contributed by atoms with van der Waals surface area (Å²) >= 11 is 14.7. The topological polar surface area (TPSA) is 31.9 Å². The van der Waals surface area contributed by atoms with Crippen LogP contribution in [0.15, 0.2) is 78.6 Å². The number of quaternary nitrogens is 1. The summed E-state index contributed by atoms with van der Waals surface area (Å²) in [6, 6.07) is 21.2. The van der Waals surface area contributed by atoms with Crippen molar-refractivity contribution in [2.45, 2.75) is 13.1 Å². The molecule has 1 heterocycles. The Kier molecular flexibility index (Phi) is 8.01. The van der Waals surface area contributed by atoms with Crippen LogP contribution in [-0.2, 0) is 13.1 Å². The van der Waals surface area contributed by atoms with Gasteiger partial charge in [-0.15, -0.1) is 0 Å². The molecule has 8 heteroatoms. The Labute approximate surface area is 228 Å². The zero-order valence-electron chi connectivity index (χ0n) is 18.5. The van der Waals surface area contributed by atoms with Gasteiger partial charge in [-0.05, 0) is 69.3 Å². The summed E-state index contributed by atoms with van der Waals surface area (Å²) in [7, 11) is 4.57. The first-order chi connectivity index (χ1) is 15.7. The monoisotopic (exact) mass is 697 g/mol. The summed E-state index contributed by atoms with van der Waals surface area (Å²) in [5.74, 6) is 0.861. The number of nitrogens with one attached hydrogen (secondary N) is 1. The van der Waals surface area contributed by atoms with Crippen LogP contribution in [0.3, 0.4) is 0 Å². The van der Waals surface area contributed by atoms with Gasteiger partial charge in [0.25, 0.3) is 0 Å². The fraction of sp³-hybridized carbons (Fsp3) is 0.240. The maximum Gasteiger partial charge on any atom is 0.204 e. The van der Waals surface area contributed by atoms with E-state index in [1.165, 1.54) is 11.1 Å². The molecule has 4 aromatic rings. The van der Waals surface area contributed by atoms with Gasteiger partial charge in [-0.3, -0.25) is 0 Å². The van der Waals surface area contributed by atoms with Crippen LogP contribution in [-0.4, -0.2) is 41.6 Å². The van der Waals surface area contributed by atoms with Gasteiger partial charge < -0.3 is 14.4 Å². The zero-order chi connectivity index (χ0) is 23.6. The van der Waals surface area contributed by atoms with Crippen molar-refractivity contribution < 1.29 is 4.48 Å². The predicted molar refractivity (Wildman–Crippen MR) is 152 cm³/mol. The van der Waals surface area contributed by atoms with E-state index in [4.69, 9.17) is 4.98 Å². The zero-order valence-corrected chi connectivity index (χ0v) is 24.8. The summed E-state index contributed by atoms with van der Waals surface area (Å²) in [4.78, 5) is 10.9. The van der Waals surface area contributed by atoms with E-state index >= 15 is 0 Å². The predicted octanol–water partition coefficient (Wildman–Crippen LogP) is 7.90. The largest absolute Gasteiger partial charge is 0.332 e. The van der Waals surface area contributed by atoms with Gasteiger partial charge in [0.2, 0.25) is 5.95 Å². The Morgan fingerprint density at radius 2 is 1.36 bits per heavy atom. The van der Waals surface area contributed by atoms with E-state index in [-0.39, 0.29) is 0 Å². The molecule has 4 rings (SSSR count). The van der Waals surface area contributed by atoms with Gasteiger partial charge in [-0.2, -0.15) is 0 Å². The summed E-state index contributed by atoms with van der Waals surface area (Å²) in [6.45, 7) is 3.61. The van der Waals surface area contributed by atoms with E-state index in [0.29, 0.717) is 0 Å². The van der Waals surface area contributed by atoms with Crippen molar-refractivity contribution >= 4 is 80.7 Å². The minimum atomic E-state index is 0.781.